The van der Waals surface area contributed by atoms with Crippen LogP contribution in [0.1, 0.15) is 29.2 Å². The van der Waals surface area contributed by atoms with Gasteiger partial charge in [-0.05, 0) is 47.3 Å². The first-order chi connectivity index (χ1) is 7.63. The largest absolute Gasteiger partial charge is 0.318 e. The number of hydrogen-bond donors (Lipinski definition) is 1. The fourth-order valence-electron chi connectivity index (χ4n) is 1.73. The van der Waals surface area contributed by atoms with Gasteiger partial charge in [-0.3, -0.25) is 4.68 Å². The molecular formula is C11H14BrN3S. The highest BCUT2D eigenvalue weighted by Gasteiger charge is 2.18. The molecule has 0 radical (unpaired) electrons. The Kier molecular flexibility index (Phi) is 3.47. The second kappa shape index (κ2) is 4.69. The number of thiophene rings is 1. The molecule has 0 spiro atoms. The minimum atomic E-state index is -0.101. The third-order valence-corrected chi connectivity index (χ3v) is 4.43. The Balaban J connectivity index is 2.40. The van der Waals surface area contributed by atoms with Gasteiger partial charge >= 0.3 is 0 Å². The summed E-state index contributed by atoms with van der Waals surface area (Å²) in [6.45, 7) is 4.91. The number of aromatic nitrogens is 2. The molecule has 1 unspecified atom stereocenters. The van der Waals surface area contributed by atoms with Crippen molar-refractivity contribution < 1.29 is 0 Å². The first kappa shape index (κ1) is 11.8. The fourth-order valence-corrected chi connectivity index (χ4v) is 3.36. The van der Waals surface area contributed by atoms with E-state index < -0.39 is 0 Å². The molecule has 0 aliphatic rings. The molecule has 3 nitrogen and oxygen atoms in total. The molecule has 0 saturated heterocycles. The van der Waals surface area contributed by atoms with Crippen LogP contribution in [0.3, 0.4) is 0 Å². The molecule has 86 valence electrons. The zero-order valence-electron chi connectivity index (χ0n) is 9.27. The van der Waals surface area contributed by atoms with Crippen LogP contribution in [0.5, 0.6) is 0 Å². The maximum absolute atomic E-state index is 6.27. The molecule has 2 rings (SSSR count). The van der Waals surface area contributed by atoms with Crippen LogP contribution in [0.25, 0.3) is 0 Å². The third kappa shape index (κ3) is 2.07. The second-order valence-electron chi connectivity index (χ2n) is 3.64. The van der Waals surface area contributed by atoms with E-state index in [0.717, 1.165) is 27.3 Å². The van der Waals surface area contributed by atoms with Crippen molar-refractivity contribution in [1.82, 2.24) is 9.78 Å². The molecule has 0 bridgehead atoms. The lowest BCUT2D eigenvalue weighted by Crippen LogP contribution is -2.16. The lowest BCUT2D eigenvalue weighted by Gasteiger charge is -2.12. The van der Waals surface area contributed by atoms with Gasteiger partial charge in [-0.25, -0.2) is 0 Å². The lowest BCUT2D eigenvalue weighted by atomic mass is 10.2. The maximum atomic E-state index is 6.27. The van der Waals surface area contributed by atoms with Crippen molar-refractivity contribution in [2.45, 2.75) is 26.4 Å². The van der Waals surface area contributed by atoms with Gasteiger partial charge in [0.25, 0.3) is 0 Å². The van der Waals surface area contributed by atoms with E-state index in [1.165, 1.54) is 0 Å². The number of aryl methyl sites for hydroxylation is 2. The number of hydrogen-bond acceptors (Lipinski definition) is 3. The fraction of sp³-hybridized carbons (Fsp3) is 0.364. The van der Waals surface area contributed by atoms with E-state index in [-0.39, 0.29) is 6.04 Å². The molecule has 2 heterocycles. The second-order valence-corrected chi connectivity index (χ2v) is 5.44. The van der Waals surface area contributed by atoms with E-state index in [1.54, 1.807) is 11.3 Å². The van der Waals surface area contributed by atoms with E-state index >= 15 is 0 Å². The molecule has 2 aromatic heterocycles. The van der Waals surface area contributed by atoms with Gasteiger partial charge in [0.1, 0.15) is 0 Å². The first-order valence-electron chi connectivity index (χ1n) is 5.16. The van der Waals surface area contributed by atoms with Crippen molar-refractivity contribution in [3.05, 3.63) is 38.3 Å². The van der Waals surface area contributed by atoms with Gasteiger partial charge in [0.15, 0.2) is 0 Å². The lowest BCUT2D eigenvalue weighted by molar-refractivity contribution is 0.599. The van der Waals surface area contributed by atoms with Gasteiger partial charge in [-0.2, -0.15) is 5.10 Å². The Morgan fingerprint density at radius 1 is 1.62 bits per heavy atom. The van der Waals surface area contributed by atoms with Gasteiger partial charge in [0, 0.05) is 15.9 Å². The Bertz CT molecular complexity index is 489. The molecular weight excluding hydrogens is 286 g/mol. The highest BCUT2D eigenvalue weighted by molar-refractivity contribution is 9.10. The number of nitrogens with zero attached hydrogens (tertiary/aromatic N) is 2. The Hall–Kier alpha value is -0.650. The van der Waals surface area contributed by atoms with Crippen molar-refractivity contribution >= 4 is 27.3 Å². The molecule has 0 aliphatic carbocycles. The van der Waals surface area contributed by atoms with E-state index in [2.05, 4.69) is 34.0 Å². The summed E-state index contributed by atoms with van der Waals surface area (Å²) in [6.07, 6.45) is 0. The molecule has 1 atom stereocenters. The molecule has 0 fully saturated rings. The summed E-state index contributed by atoms with van der Waals surface area (Å²) in [6, 6.07) is 3.98. The van der Waals surface area contributed by atoms with Crippen molar-refractivity contribution in [3.63, 3.8) is 0 Å². The Morgan fingerprint density at radius 2 is 2.38 bits per heavy atom. The van der Waals surface area contributed by atoms with Crippen LogP contribution >= 0.6 is 27.3 Å². The summed E-state index contributed by atoms with van der Waals surface area (Å²) in [5.41, 5.74) is 8.36. The summed E-state index contributed by atoms with van der Waals surface area (Å²) in [7, 11) is 0. The average molecular weight is 300 g/mol. The van der Waals surface area contributed by atoms with E-state index in [9.17, 15) is 0 Å². The number of halogens is 1. The average Bonchev–Trinajstić information content (AvgIpc) is 2.83. The third-order valence-electron chi connectivity index (χ3n) is 2.48. The topological polar surface area (TPSA) is 43.8 Å². The monoisotopic (exact) mass is 299 g/mol. The van der Waals surface area contributed by atoms with Crippen molar-refractivity contribution in [2.24, 2.45) is 5.73 Å². The summed E-state index contributed by atoms with van der Waals surface area (Å²) < 4.78 is 3.04. The van der Waals surface area contributed by atoms with Crippen LogP contribution in [0.4, 0.5) is 0 Å². The van der Waals surface area contributed by atoms with E-state index in [0.29, 0.717) is 0 Å². The van der Waals surface area contributed by atoms with Crippen molar-refractivity contribution in [3.8, 4) is 0 Å². The minimum Gasteiger partial charge on any atom is -0.318 e. The van der Waals surface area contributed by atoms with Crippen LogP contribution in [-0.2, 0) is 6.54 Å². The minimum absolute atomic E-state index is 0.101. The predicted molar refractivity (Wildman–Crippen MR) is 70.7 cm³/mol. The standard InChI is InChI=1S/C11H14BrN3S/c1-3-15-9(6-7(2)14-15)10(13)11-8(12)4-5-16-11/h4-6,10H,3,13H2,1-2H3. The molecule has 2 N–H and O–H groups in total. The van der Waals surface area contributed by atoms with Gasteiger partial charge in [-0.15, -0.1) is 11.3 Å². The molecule has 0 amide bonds. The van der Waals surface area contributed by atoms with E-state index in [4.69, 9.17) is 5.73 Å². The van der Waals surface area contributed by atoms with E-state index in [1.807, 2.05) is 23.1 Å². The van der Waals surface area contributed by atoms with Crippen LogP contribution in [0.2, 0.25) is 0 Å². The smallest absolute Gasteiger partial charge is 0.0828 e. The van der Waals surface area contributed by atoms with Crippen LogP contribution in [0, 0.1) is 6.92 Å². The highest BCUT2D eigenvalue weighted by atomic mass is 79.9. The maximum Gasteiger partial charge on any atom is 0.0828 e. The highest BCUT2D eigenvalue weighted by Crippen LogP contribution is 2.31. The van der Waals surface area contributed by atoms with Crippen LogP contribution < -0.4 is 5.73 Å². The quantitative estimate of drug-likeness (QED) is 0.946. The normalized spacial score (nSPS) is 13.0. The molecule has 5 heteroatoms. The van der Waals surface area contributed by atoms with Gasteiger partial charge in [0.2, 0.25) is 0 Å². The van der Waals surface area contributed by atoms with Crippen LogP contribution in [-0.4, -0.2) is 9.78 Å². The molecule has 16 heavy (non-hydrogen) atoms. The van der Waals surface area contributed by atoms with Crippen LogP contribution in [0.15, 0.2) is 22.0 Å². The van der Waals surface area contributed by atoms with Crippen molar-refractivity contribution in [1.29, 1.82) is 0 Å². The molecule has 0 aromatic carbocycles. The summed E-state index contributed by atoms with van der Waals surface area (Å²) >= 11 is 5.19. The zero-order valence-corrected chi connectivity index (χ0v) is 11.7. The summed E-state index contributed by atoms with van der Waals surface area (Å²) in [4.78, 5) is 1.15. The number of nitrogens with two attached hydrogens (primary N) is 1. The SMILES string of the molecule is CCn1nc(C)cc1C(N)c1sccc1Br. The predicted octanol–water partition coefficient (Wildman–Crippen LogP) is 3.08. The van der Waals surface area contributed by atoms with Gasteiger partial charge in [0.05, 0.1) is 17.4 Å². The Morgan fingerprint density at radius 3 is 2.94 bits per heavy atom. The molecule has 0 saturated carbocycles. The molecule has 0 aliphatic heterocycles. The summed E-state index contributed by atoms with van der Waals surface area (Å²) in [5.74, 6) is 0. The summed E-state index contributed by atoms with van der Waals surface area (Å²) in [5, 5.41) is 6.46. The first-order valence-corrected chi connectivity index (χ1v) is 6.83. The Labute approximate surface area is 107 Å². The van der Waals surface area contributed by atoms with Gasteiger partial charge in [-0.1, -0.05) is 0 Å². The van der Waals surface area contributed by atoms with Gasteiger partial charge < -0.3 is 5.73 Å². The number of rotatable bonds is 3. The van der Waals surface area contributed by atoms with Crippen molar-refractivity contribution in [2.75, 3.05) is 0 Å². The zero-order chi connectivity index (χ0) is 11.7. The molecule has 2 aromatic rings.